The number of fused-ring (bicyclic) bond motifs is 1. The van der Waals surface area contributed by atoms with Crippen LogP contribution in [0.2, 0.25) is 0 Å². The fraction of sp³-hybridized carbons (Fsp3) is 0.429. The van der Waals surface area contributed by atoms with Crippen molar-refractivity contribution in [1.82, 2.24) is 0 Å². The van der Waals surface area contributed by atoms with Gasteiger partial charge in [0, 0.05) is 30.9 Å². The van der Waals surface area contributed by atoms with Crippen LogP contribution in [-0.2, 0) is 13.1 Å². The van der Waals surface area contributed by atoms with Gasteiger partial charge in [-0.05, 0) is 30.3 Å². The van der Waals surface area contributed by atoms with E-state index in [1.54, 1.807) is 9.80 Å². The summed E-state index contributed by atoms with van der Waals surface area (Å²) >= 11 is 0. The van der Waals surface area contributed by atoms with Crippen molar-refractivity contribution in [3.05, 3.63) is 53.6 Å². The smallest absolute Gasteiger partial charge is 0.231 e. The molecule has 2 aromatic rings. The highest BCUT2D eigenvalue weighted by Crippen LogP contribution is 2.32. The van der Waals surface area contributed by atoms with Gasteiger partial charge in [-0.15, -0.1) is 0 Å². The van der Waals surface area contributed by atoms with Crippen molar-refractivity contribution in [2.75, 3.05) is 52.0 Å². The maximum Gasteiger partial charge on any atom is 0.231 e. The first-order valence-electron chi connectivity index (χ1n) is 9.49. The summed E-state index contributed by atoms with van der Waals surface area (Å²) in [6.45, 7) is 7.46. The van der Waals surface area contributed by atoms with Gasteiger partial charge in [0.1, 0.15) is 39.3 Å². The van der Waals surface area contributed by atoms with E-state index in [0.29, 0.717) is 6.79 Å². The number of ether oxygens (including phenoxy) is 2. The first kappa shape index (κ1) is 17.2. The van der Waals surface area contributed by atoms with Gasteiger partial charge in [-0.1, -0.05) is 12.1 Å². The van der Waals surface area contributed by atoms with Crippen molar-refractivity contribution in [2.24, 2.45) is 0 Å². The number of hydrogen-bond donors (Lipinski definition) is 2. The molecule has 0 aromatic heterocycles. The normalized spacial score (nSPS) is 21.6. The number of anilines is 1. The van der Waals surface area contributed by atoms with E-state index in [2.05, 4.69) is 55.4 Å². The molecule has 2 aromatic carbocycles. The van der Waals surface area contributed by atoms with Gasteiger partial charge in [0.05, 0.1) is 0 Å². The summed E-state index contributed by atoms with van der Waals surface area (Å²) in [7, 11) is 4.17. The molecule has 138 valence electrons. The third-order valence-electron chi connectivity index (χ3n) is 5.46. The molecule has 0 amide bonds. The highest BCUT2D eigenvalue weighted by Gasteiger charge is 2.24. The molecule has 0 unspecified atom stereocenters. The minimum Gasteiger partial charge on any atom is -0.454 e. The SMILES string of the molecule is CN(C)c1ccc(C[NH+]2CC[NH+](Cc3ccc4c(c3)OCO4)CC2)cc1. The molecule has 5 heteroatoms. The molecule has 26 heavy (non-hydrogen) atoms. The Labute approximate surface area is 155 Å². The molecule has 0 atom stereocenters. The average Bonchev–Trinajstić information content (AvgIpc) is 3.12. The van der Waals surface area contributed by atoms with Crippen molar-refractivity contribution in [2.45, 2.75) is 13.1 Å². The number of piperazine rings is 1. The third-order valence-corrected chi connectivity index (χ3v) is 5.46. The predicted octanol–water partition coefficient (Wildman–Crippen LogP) is -0.0351. The lowest BCUT2D eigenvalue weighted by Crippen LogP contribution is -3.27. The molecule has 0 bridgehead atoms. The van der Waals surface area contributed by atoms with E-state index in [-0.39, 0.29) is 0 Å². The minimum absolute atomic E-state index is 0.350. The zero-order valence-corrected chi connectivity index (χ0v) is 15.8. The van der Waals surface area contributed by atoms with E-state index >= 15 is 0 Å². The summed E-state index contributed by atoms with van der Waals surface area (Å²) in [4.78, 5) is 5.50. The molecule has 2 heterocycles. The molecule has 0 aliphatic carbocycles. The molecule has 1 fully saturated rings. The third kappa shape index (κ3) is 3.94. The molecule has 0 saturated carbocycles. The van der Waals surface area contributed by atoms with Gasteiger partial charge >= 0.3 is 0 Å². The van der Waals surface area contributed by atoms with Crippen LogP contribution in [0.1, 0.15) is 11.1 Å². The Kier molecular flexibility index (Phi) is 5.00. The first-order valence-corrected chi connectivity index (χ1v) is 9.49. The number of hydrogen-bond acceptors (Lipinski definition) is 3. The van der Waals surface area contributed by atoms with Crippen molar-refractivity contribution in [3.63, 3.8) is 0 Å². The van der Waals surface area contributed by atoms with Gasteiger partial charge in [0.25, 0.3) is 0 Å². The van der Waals surface area contributed by atoms with Gasteiger partial charge in [-0.2, -0.15) is 0 Å². The molecule has 4 rings (SSSR count). The van der Waals surface area contributed by atoms with Crippen molar-refractivity contribution in [1.29, 1.82) is 0 Å². The maximum atomic E-state index is 5.50. The number of rotatable bonds is 5. The highest BCUT2D eigenvalue weighted by molar-refractivity contribution is 5.46. The van der Waals surface area contributed by atoms with Crippen LogP contribution in [0.5, 0.6) is 11.5 Å². The summed E-state index contributed by atoms with van der Waals surface area (Å²) in [5.74, 6) is 1.77. The largest absolute Gasteiger partial charge is 0.454 e. The van der Waals surface area contributed by atoms with Crippen molar-refractivity contribution < 1.29 is 19.3 Å². The molecular formula is C21H29N3O2+2. The summed E-state index contributed by atoms with van der Waals surface area (Å²) < 4.78 is 10.9. The quantitative estimate of drug-likeness (QED) is 0.789. The summed E-state index contributed by atoms with van der Waals surface area (Å²) in [6, 6.07) is 15.3. The van der Waals surface area contributed by atoms with Crippen LogP contribution in [0, 0.1) is 0 Å². The molecule has 0 spiro atoms. The van der Waals surface area contributed by atoms with Gasteiger partial charge in [-0.25, -0.2) is 0 Å². The van der Waals surface area contributed by atoms with Crippen LogP contribution in [0.4, 0.5) is 5.69 Å². The Bertz CT molecular complexity index is 737. The van der Waals surface area contributed by atoms with Gasteiger partial charge in [0.15, 0.2) is 11.5 Å². The highest BCUT2D eigenvalue weighted by atomic mass is 16.7. The van der Waals surface area contributed by atoms with E-state index in [9.17, 15) is 0 Å². The second-order valence-electron chi connectivity index (χ2n) is 7.60. The number of nitrogens with one attached hydrogen (secondary N) is 2. The fourth-order valence-corrected chi connectivity index (χ4v) is 3.85. The number of nitrogens with zero attached hydrogens (tertiary/aromatic N) is 1. The van der Waals surface area contributed by atoms with Crippen LogP contribution in [0.25, 0.3) is 0 Å². The Hall–Kier alpha value is -2.24. The van der Waals surface area contributed by atoms with Gasteiger partial charge in [0.2, 0.25) is 6.79 Å². The maximum absolute atomic E-state index is 5.50. The van der Waals surface area contributed by atoms with Crippen molar-refractivity contribution in [3.8, 4) is 11.5 Å². The minimum atomic E-state index is 0.350. The Morgan fingerprint density at radius 3 is 2.00 bits per heavy atom. The first-order chi connectivity index (χ1) is 12.7. The lowest BCUT2D eigenvalue weighted by atomic mass is 10.1. The Morgan fingerprint density at radius 2 is 1.35 bits per heavy atom. The summed E-state index contributed by atoms with van der Waals surface area (Å²) in [6.07, 6.45) is 0. The van der Waals surface area contributed by atoms with E-state index in [0.717, 1.165) is 24.6 Å². The molecule has 0 radical (unpaired) electrons. The molecule has 1 saturated heterocycles. The van der Waals surface area contributed by atoms with Crippen LogP contribution in [-0.4, -0.2) is 47.1 Å². The summed E-state index contributed by atoms with van der Waals surface area (Å²) in [5.41, 5.74) is 4.04. The predicted molar refractivity (Wildman–Crippen MR) is 102 cm³/mol. The topological polar surface area (TPSA) is 30.6 Å². The lowest BCUT2D eigenvalue weighted by Gasteiger charge is -2.30. The molecular weight excluding hydrogens is 326 g/mol. The lowest BCUT2D eigenvalue weighted by molar-refractivity contribution is -1.02. The van der Waals surface area contributed by atoms with Crippen LogP contribution >= 0.6 is 0 Å². The standard InChI is InChI=1S/C21H27N3O2/c1-22(2)19-6-3-17(4-7-19)14-23-9-11-24(12-10-23)15-18-5-8-20-21(13-18)26-16-25-20/h3-8,13H,9-12,14-16H2,1-2H3/p+2. The van der Waals surface area contributed by atoms with Gasteiger partial charge < -0.3 is 24.2 Å². The molecule has 5 nitrogen and oxygen atoms in total. The van der Waals surface area contributed by atoms with E-state index in [1.807, 2.05) is 6.07 Å². The van der Waals surface area contributed by atoms with Crippen molar-refractivity contribution >= 4 is 5.69 Å². The monoisotopic (exact) mass is 355 g/mol. The van der Waals surface area contributed by atoms with Gasteiger partial charge in [-0.3, -0.25) is 0 Å². The van der Waals surface area contributed by atoms with Crippen LogP contribution < -0.4 is 24.2 Å². The van der Waals surface area contributed by atoms with E-state index < -0.39 is 0 Å². The zero-order valence-electron chi connectivity index (χ0n) is 15.8. The van der Waals surface area contributed by atoms with E-state index in [4.69, 9.17) is 9.47 Å². The molecule has 2 aliphatic heterocycles. The average molecular weight is 355 g/mol. The second kappa shape index (κ2) is 7.56. The summed E-state index contributed by atoms with van der Waals surface area (Å²) in [5, 5.41) is 0. The molecule has 2 N–H and O–H groups in total. The number of benzene rings is 2. The zero-order chi connectivity index (χ0) is 17.9. The van der Waals surface area contributed by atoms with Crippen LogP contribution in [0.3, 0.4) is 0 Å². The molecule has 2 aliphatic rings. The number of quaternary nitrogens is 2. The Morgan fingerprint density at radius 1 is 0.769 bits per heavy atom. The Balaban J connectivity index is 1.27. The van der Waals surface area contributed by atoms with Crippen LogP contribution in [0.15, 0.2) is 42.5 Å². The fourth-order valence-electron chi connectivity index (χ4n) is 3.85. The van der Waals surface area contributed by atoms with E-state index in [1.165, 1.54) is 43.0 Å². The second-order valence-corrected chi connectivity index (χ2v) is 7.60.